The van der Waals surface area contributed by atoms with E-state index < -0.39 is 0 Å². The average Bonchev–Trinajstić information content (AvgIpc) is 2.07. The van der Waals surface area contributed by atoms with Gasteiger partial charge in [0.15, 0.2) is 0 Å². The third-order valence-corrected chi connectivity index (χ3v) is 2.48. The normalized spacial score (nSPS) is 22.9. The lowest BCUT2D eigenvalue weighted by molar-refractivity contribution is -0.158. The fourth-order valence-electron chi connectivity index (χ4n) is 1.38. The molecule has 1 rings (SSSR count). The molecule has 0 fully saturated rings. The summed E-state index contributed by atoms with van der Waals surface area (Å²) >= 11 is 0. The van der Waals surface area contributed by atoms with Gasteiger partial charge in [-0.15, -0.1) is 0 Å². The summed E-state index contributed by atoms with van der Waals surface area (Å²) in [4.78, 5) is 11.6. The molecule has 0 aromatic carbocycles. The van der Waals surface area contributed by atoms with Crippen LogP contribution in [0.1, 0.15) is 47.0 Å². The second-order valence-electron chi connectivity index (χ2n) is 5.10. The van der Waals surface area contributed by atoms with Crippen LogP contribution in [-0.4, -0.2) is 12.1 Å². The molecule has 0 aliphatic heterocycles. The van der Waals surface area contributed by atoms with Gasteiger partial charge in [0.05, 0.1) is 5.41 Å². The number of hydrogen-bond donors (Lipinski definition) is 0. The van der Waals surface area contributed by atoms with E-state index in [1.165, 1.54) is 5.57 Å². The lowest BCUT2D eigenvalue weighted by atomic mass is 9.95. The highest BCUT2D eigenvalue weighted by atomic mass is 16.5. The minimum atomic E-state index is -0.379. The number of rotatable bonds is 1. The maximum atomic E-state index is 11.6. The van der Waals surface area contributed by atoms with Gasteiger partial charge in [-0.2, -0.15) is 0 Å². The van der Waals surface area contributed by atoms with Crippen LogP contribution in [0, 0.1) is 5.41 Å². The second-order valence-corrected chi connectivity index (χ2v) is 5.10. The zero-order valence-corrected chi connectivity index (χ0v) is 9.59. The molecule has 14 heavy (non-hydrogen) atoms. The van der Waals surface area contributed by atoms with Crippen molar-refractivity contribution in [3.63, 3.8) is 0 Å². The van der Waals surface area contributed by atoms with Crippen LogP contribution in [0.3, 0.4) is 0 Å². The van der Waals surface area contributed by atoms with Gasteiger partial charge in [0, 0.05) is 6.42 Å². The van der Waals surface area contributed by atoms with Gasteiger partial charge in [-0.05, 0) is 40.5 Å². The molecule has 0 spiro atoms. The largest absolute Gasteiger partial charge is 0.462 e. The molecule has 80 valence electrons. The smallest absolute Gasteiger partial charge is 0.311 e. The molecule has 1 aliphatic rings. The fraction of sp³-hybridized carbons (Fsp3) is 0.750. The highest BCUT2D eigenvalue weighted by Gasteiger charge is 2.26. The summed E-state index contributed by atoms with van der Waals surface area (Å²) in [6.45, 7) is 7.79. The number of hydrogen-bond acceptors (Lipinski definition) is 2. The zero-order valence-electron chi connectivity index (χ0n) is 9.59. The second kappa shape index (κ2) is 4.16. The molecule has 0 saturated heterocycles. The summed E-state index contributed by atoms with van der Waals surface area (Å²) in [6, 6.07) is 0. The van der Waals surface area contributed by atoms with Crippen molar-refractivity contribution in [2.24, 2.45) is 5.41 Å². The van der Waals surface area contributed by atoms with Crippen LogP contribution in [-0.2, 0) is 9.53 Å². The summed E-state index contributed by atoms with van der Waals surface area (Å²) in [6.07, 6.45) is 5.19. The number of esters is 1. The van der Waals surface area contributed by atoms with Gasteiger partial charge in [0.25, 0.3) is 0 Å². The Hall–Kier alpha value is -0.790. The quantitative estimate of drug-likeness (QED) is 0.476. The van der Waals surface area contributed by atoms with Crippen LogP contribution in [0.2, 0.25) is 0 Å². The van der Waals surface area contributed by atoms with E-state index in [9.17, 15) is 4.79 Å². The minimum Gasteiger partial charge on any atom is -0.462 e. The molecule has 2 heteroatoms. The van der Waals surface area contributed by atoms with E-state index in [-0.39, 0.29) is 17.5 Å². The van der Waals surface area contributed by atoms with E-state index in [0.29, 0.717) is 0 Å². The first-order valence-corrected chi connectivity index (χ1v) is 5.26. The van der Waals surface area contributed by atoms with Crippen molar-refractivity contribution < 1.29 is 9.53 Å². The monoisotopic (exact) mass is 196 g/mol. The predicted octanol–water partition coefficient (Wildman–Crippen LogP) is 3.07. The third kappa shape index (κ3) is 3.17. The topological polar surface area (TPSA) is 26.3 Å². The number of carbonyl (C=O) groups excluding carboxylic acids is 1. The molecular weight excluding hydrogens is 176 g/mol. The van der Waals surface area contributed by atoms with Crippen LogP contribution in [0.5, 0.6) is 0 Å². The third-order valence-electron chi connectivity index (χ3n) is 2.48. The molecule has 2 nitrogen and oxygen atoms in total. The van der Waals surface area contributed by atoms with Crippen molar-refractivity contribution in [3.05, 3.63) is 11.6 Å². The van der Waals surface area contributed by atoms with E-state index >= 15 is 0 Å². The van der Waals surface area contributed by atoms with Gasteiger partial charge in [-0.1, -0.05) is 11.6 Å². The van der Waals surface area contributed by atoms with E-state index in [4.69, 9.17) is 4.74 Å². The Bertz CT molecular complexity index is 246. The van der Waals surface area contributed by atoms with Crippen LogP contribution >= 0.6 is 0 Å². The Morgan fingerprint density at radius 2 is 2.14 bits per heavy atom. The van der Waals surface area contributed by atoms with E-state index in [1.807, 2.05) is 20.8 Å². The maximum Gasteiger partial charge on any atom is 0.311 e. The van der Waals surface area contributed by atoms with E-state index in [0.717, 1.165) is 19.3 Å². The van der Waals surface area contributed by atoms with Gasteiger partial charge in [-0.3, -0.25) is 4.79 Å². The molecule has 0 radical (unpaired) electrons. The molecule has 0 aromatic heterocycles. The first-order chi connectivity index (χ1) is 6.39. The van der Waals surface area contributed by atoms with Crippen LogP contribution < -0.4 is 0 Å². The summed E-state index contributed by atoms with van der Waals surface area (Å²) in [5.41, 5.74) is 1.03. The first kappa shape index (κ1) is 11.3. The molecule has 1 atom stereocenters. The van der Waals surface area contributed by atoms with Crippen molar-refractivity contribution in [2.75, 3.05) is 0 Å². The van der Waals surface area contributed by atoms with Crippen LogP contribution in [0.4, 0.5) is 0 Å². The van der Waals surface area contributed by atoms with E-state index in [2.05, 4.69) is 13.0 Å². The SMILES string of the molecule is CC1=CCC(OC(=O)C(C)(C)C)CC1. The molecule has 1 unspecified atom stereocenters. The highest BCUT2D eigenvalue weighted by Crippen LogP contribution is 2.23. The van der Waals surface area contributed by atoms with Crippen molar-refractivity contribution in [2.45, 2.75) is 53.1 Å². The van der Waals surface area contributed by atoms with Crippen molar-refractivity contribution in [1.82, 2.24) is 0 Å². The van der Waals surface area contributed by atoms with Crippen LogP contribution in [0.15, 0.2) is 11.6 Å². The molecule has 0 bridgehead atoms. The Morgan fingerprint density at radius 3 is 2.57 bits per heavy atom. The lowest BCUT2D eigenvalue weighted by Crippen LogP contribution is -2.28. The van der Waals surface area contributed by atoms with Crippen molar-refractivity contribution in [1.29, 1.82) is 0 Å². The van der Waals surface area contributed by atoms with E-state index in [1.54, 1.807) is 0 Å². The fourth-order valence-corrected chi connectivity index (χ4v) is 1.38. The van der Waals surface area contributed by atoms with Crippen molar-refractivity contribution >= 4 is 5.97 Å². The molecule has 0 heterocycles. The molecular formula is C12H20O2. The molecule has 1 aliphatic carbocycles. The number of carbonyl (C=O) groups is 1. The zero-order chi connectivity index (χ0) is 10.8. The number of ether oxygens (including phenoxy) is 1. The van der Waals surface area contributed by atoms with Crippen LogP contribution in [0.25, 0.3) is 0 Å². The van der Waals surface area contributed by atoms with Gasteiger partial charge in [0.1, 0.15) is 6.10 Å². The Balaban J connectivity index is 2.43. The summed E-state index contributed by atoms with van der Waals surface area (Å²) in [7, 11) is 0. The Labute approximate surface area is 86.3 Å². The summed E-state index contributed by atoms with van der Waals surface area (Å²) in [5.74, 6) is -0.0875. The standard InChI is InChI=1S/C12H20O2/c1-9-5-7-10(8-6-9)14-11(13)12(2,3)4/h5,10H,6-8H2,1-4H3. The Kier molecular flexibility index (Phi) is 3.35. The first-order valence-electron chi connectivity index (χ1n) is 5.26. The predicted molar refractivity (Wildman–Crippen MR) is 56.9 cm³/mol. The highest BCUT2D eigenvalue weighted by molar-refractivity contribution is 5.75. The molecule has 0 N–H and O–H groups in total. The minimum absolute atomic E-state index is 0.0875. The molecule has 0 saturated carbocycles. The van der Waals surface area contributed by atoms with Crippen molar-refractivity contribution in [3.8, 4) is 0 Å². The molecule has 0 aromatic rings. The van der Waals surface area contributed by atoms with Gasteiger partial charge < -0.3 is 4.74 Å². The summed E-state index contributed by atoms with van der Waals surface area (Å²) < 4.78 is 5.42. The average molecular weight is 196 g/mol. The van der Waals surface area contributed by atoms with Gasteiger partial charge >= 0.3 is 5.97 Å². The number of allylic oxidation sites excluding steroid dienone is 1. The van der Waals surface area contributed by atoms with Gasteiger partial charge in [-0.25, -0.2) is 0 Å². The lowest BCUT2D eigenvalue weighted by Gasteiger charge is -2.25. The molecule has 0 amide bonds. The summed E-state index contributed by atoms with van der Waals surface area (Å²) in [5, 5.41) is 0. The van der Waals surface area contributed by atoms with Gasteiger partial charge in [0.2, 0.25) is 0 Å². The maximum absolute atomic E-state index is 11.6. The Morgan fingerprint density at radius 1 is 1.50 bits per heavy atom.